The third-order valence-electron chi connectivity index (χ3n) is 2.08. The van der Waals surface area contributed by atoms with E-state index in [9.17, 15) is 17.6 Å². The van der Waals surface area contributed by atoms with Crippen molar-refractivity contribution in [2.75, 3.05) is 6.54 Å². The quantitative estimate of drug-likeness (QED) is 0.868. The average Bonchev–Trinajstić information content (AvgIpc) is 2.29. The molecule has 18 heavy (non-hydrogen) atoms. The van der Waals surface area contributed by atoms with E-state index < -0.39 is 37.3 Å². The van der Waals surface area contributed by atoms with Gasteiger partial charge in [-0.1, -0.05) is 18.5 Å². The van der Waals surface area contributed by atoms with E-state index in [0.717, 1.165) is 6.07 Å². The topological polar surface area (TPSA) is 83.5 Å². The van der Waals surface area contributed by atoms with Gasteiger partial charge in [0.05, 0.1) is 15.5 Å². The van der Waals surface area contributed by atoms with E-state index in [0.29, 0.717) is 12.5 Å². The number of carboxylic acids is 1. The zero-order valence-corrected chi connectivity index (χ0v) is 11.0. The zero-order valence-electron chi connectivity index (χ0n) is 9.41. The second-order valence-corrected chi connectivity index (χ2v) is 5.61. The van der Waals surface area contributed by atoms with Gasteiger partial charge in [0.15, 0.2) is 0 Å². The predicted molar refractivity (Wildman–Crippen MR) is 63.8 cm³/mol. The molecule has 0 aliphatic rings. The van der Waals surface area contributed by atoms with Crippen LogP contribution in [0, 0.1) is 5.82 Å². The normalized spacial score (nSPS) is 11.5. The van der Waals surface area contributed by atoms with Crippen LogP contribution in [0.15, 0.2) is 17.0 Å². The molecule has 0 aliphatic heterocycles. The van der Waals surface area contributed by atoms with E-state index in [1.807, 2.05) is 0 Å². The number of sulfonamides is 1. The van der Waals surface area contributed by atoms with Crippen molar-refractivity contribution < 1.29 is 22.7 Å². The lowest BCUT2D eigenvalue weighted by molar-refractivity contribution is 0.0696. The molecule has 0 saturated carbocycles. The molecule has 0 atom stereocenters. The fourth-order valence-electron chi connectivity index (χ4n) is 1.19. The smallest absolute Gasteiger partial charge is 0.337 e. The molecule has 1 aromatic rings. The monoisotopic (exact) mass is 295 g/mol. The van der Waals surface area contributed by atoms with Crippen LogP contribution in [-0.2, 0) is 10.0 Å². The zero-order chi connectivity index (χ0) is 13.9. The molecule has 0 aromatic heterocycles. The summed E-state index contributed by atoms with van der Waals surface area (Å²) >= 11 is 5.44. The molecule has 0 amide bonds. The molecule has 1 rings (SSSR count). The van der Waals surface area contributed by atoms with Crippen molar-refractivity contribution >= 4 is 27.6 Å². The Kier molecular flexibility index (Phi) is 4.66. The van der Waals surface area contributed by atoms with Crippen LogP contribution in [0.25, 0.3) is 0 Å². The number of rotatable bonds is 5. The highest BCUT2D eigenvalue weighted by Crippen LogP contribution is 2.24. The van der Waals surface area contributed by atoms with Crippen molar-refractivity contribution in [3.8, 4) is 0 Å². The lowest BCUT2D eigenvalue weighted by Gasteiger charge is -2.08. The van der Waals surface area contributed by atoms with E-state index in [1.54, 1.807) is 6.92 Å². The number of nitrogens with one attached hydrogen (secondary N) is 1. The molecule has 0 saturated heterocycles. The third kappa shape index (κ3) is 3.18. The first-order chi connectivity index (χ1) is 8.29. The number of hydrogen-bond acceptors (Lipinski definition) is 3. The summed E-state index contributed by atoms with van der Waals surface area (Å²) in [6.07, 6.45) is 0.557. The first kappa shape index (κ1) is 14.9. The van der Waals surface area contributed by atoms with Gasteiger partial charge < -0.3 is 5.11 Å². The molecule has 0 heterocycles. The largest absolute Gasteiger partial charge is 0.478 e. The second kappa shape index (κ2) is 5.64. The minimum atomic E-state index is -3.93. The van der Waals surface area contributed by atoms with Crippen LogP contribution in [0.4, 0.5) is 4.39 Å². The molecular weight excluding hydrogens is 285 g/mol. The number of halogens is 2. The molecule has 0 fully saturated rings. The molecule has 5 nitrogen and oxygen atoms in total. The van der Waals surface area contributed by atoms with E-state index >= 15 is 0 Å². The highest BCUT2D eigenvalue weighted by molar-refractivity contribution is 7.89. The van der Waals surface area contributed by atoms with Gasteiger partial charge in [-0.25, -0.2) is 22.3 Å². The Morgan fingerprint density at radius 2 is 2.11 bits per heavy atom. The summed E-state index contributed by atoms with van der Waals surface area (Å²) in [6.45, 7) is 1.93. The number of carbonyl (C=O) groups is 1. The lowest BCUT2D eigenvalue weighted by Crippen LogP contribution is -2.24. The van der Waals surface area contributed by atoms with E-state index in [2.05, 4.69) is 4.72 Å². The van der Waals surface area contributed by atoms with Crippen LogP contribution in [-0.4, -0.2) is 26.0 Å². The highest BCUT2D eigenvalue weighted by Gasteiger charge is 2.21. The van der Waals surface area contributed by atoms with Gasteiger partial charge in [0.2, 0.25) is 10.0 Å². The van der Waals surface area contributed by atoms with E-state index in [4.69, 9.17) is 16.7 Å². The number of carboxylic acid groups (broad SMARTS) is 1. The summed E-state index contributed by atoms with van der Waals surface area (Å²) < 4.78 is 39.0. The fourth-order valence-corrected chi connectivity index (χ4v) is 2.56. The van der Waals surface area contributed by atoms with Gasteiger partial charge in [-0.15, -0.1) is 0 Å². The molecule has 2 N–H and O–H groups in total. The summed E-state index contributed by atoms with van der Waals surface area (Å²) in [5.41, 5.74) is -0.589. The summed E-state index contributed by atoms with van der Waals surface area (Å²) in [6, 6.07) is 1.51. The van der Waals surface area contributed by atoms with Gasteiger partial charge in [-0.3, -0.25) is 0 Å². The first-order valence-electron chi connectivity index (χ1n) is 5.01. The van der Waals surface area contributed by atoms with Crippen molar-refractivity contribution in [1.82, 2.24) is 4.72 Å². The first-order valence-corrected chi connectivity index (χ1v) is 6.87. The highest BCUT2D eigenvalue weighted by atomic mass is 35.5. The van der Waals surface area contributed by atoms with Crippen LogP contribution in [0.1, 0.15) is 23.7 Å². The summed E-state index contributed by atoms with van der Waals surface area (Å²) in [5.74, 6) is -2.58. The van der Waals surface area contributed by atoms with Gasteiger partial charge >= 0.3 is 5.97 Å². The molecule has 0 spiro atoms. The van der Waals surface area contributed by atoms with Crippen LogP contribution >= 0.6 is 11.6 Å². The maximum absolute atomic E-state index is 13.4. The Morgan fingerprint density at radius 1 is 1.50 bits per heavy atom. The van der Waals surface area contributed by atoms with Crippen molar-refractivity contribution in [3.05, 3.63) is 28.5 Å². The minimum Gasteiger partial charge on any atom is -0.478 e. The summed E-state index contributed by atoms with van der Waals surface area (Å²) in [5, 5.41) is 8.18. The van der Waals surface area contributed by atoms with Crippen LogP contribution in [0.5, 0.6) is 0 Å². The summed E-state index contributed by atoms with van der Waals surface area (Å²) in [4.78, 5) is 10.3. The SMILES string of the molecule is CCCNS(=O)(=O)c1cc(F)c(Cl)c(C(=O)O)c1. The van der Waals surface area contributed by atoms with Gasteiger partial charge in [-0.2, -0.15) is 0 Å². The number of aromatic carboxylic acids is 1. The molecule has 1 aromatic carbocycles. The van der Waals surface area contributed by atoms with Crippen LogP contribution in [0.3, 0.4) is 0 Å². The van der Waals surface area contributed by atoms with Gasteiger partial charge in [-0.05, 0) is 18.6 Å². The van der Waals surface area contributed by atoms with Gasteiger partial charge in [0.1, 0.15) is 5.82 Å². The minimum absolute atomic E-state index is 0.176. The molecule has 0 unspecified atom stereocenters. The Labute approximate surface area is 109 Å². The molecule has 0 radical (unpaired) electrons. The van der Waals surface area contributed by atoms with Gasteiger partial charge in [0.25, 0.3) is 0 Å². The Morgan fingerprint density at radius 3 is 2.61 bits per heavy atom. The van der Waals surface area contributed by atoms with Gasteiger partial charge in [0, 0.05) is 6.54 Å². The van der Waals surface area contributed by atoms with Crippen LogP contribution in [0.2, 0.25) is 5.02 Å². The van der Waals surface area contributed by atoms with Crippen LogP contribution < -0.4 is 4.72 Å². The maximum atomic E-state index is 13.4. The van der Waals surface area contributed by atoms with Crippen molar-refractivity contribution in [1.29, 1.82) is 0 Å². The van der Waals surface area contributed by atoms with E-state index in [1.165, 1.54) is 0 Å². The van der Waals surface area contributed by atoms with Crippen molar-refractivity contribution in [2.24, 2.45) is 0 Å². The Balaban J connectivity index is 3.31. The molecular formula is C10H11ClFNO4S. The van der Waals surface area contributed by atoms with Crippen molar-refractivity contribution in [3.63, 3.8) is 0 Å². The fraction of sp³-hybridized carbons (Fsp3) is 0.300. The Hall–Kier alpha value is -1.18. The maximum Gasteiger partial charge on any atom is 0.337 e. The van der Waals surface area contributed by atoms with E-state index in [-0.39, 0.29) is 6.54 Å². The molecule has 100 valence electrons. The predicted octanol–water partition coefficient (Wildman–Crippen LogP) is 1.87. The van der Waals surface area contributed by atoms with Crippen molar-refractivity contribution in [2.45, 2.75) is 18.2 Å². The number of benzene rings is 1. The second-order valence-electron chi connectivity index (χ2n) is 3.47. The average molecular weight is 296 g/mol. The molecule has 0 aliphatic carbocycles. The summed E-state index contributed by atoms with van der Waals surface area (Å²) in [7, 11) is -3.93. The molecule has 0 bridgehead atoms. The standard InChI is InChI=1S/C10H11ClFNO4S/c1-2-3-13-18(16,17)6-4-7(10(14)15)9(11)8(12)5-6/h4-5,13H,2-3H2,1H3,(H,14,15). The molecule has 8 heteroatoms. The Bertz CT molecular complexity index is 573. The third-order valence-corrected chi connectivity index (χ3v) is 3.91. The number of hydrogen-bond donors (Lipinski definition) is 2. The lowest BCUT2D eigenvalue weighted by atomic mass is 10.2.